The fourth-order valence-electron chi connectivity index (χ4n) is 2.24. The molecule has 3 N–H and O–H groups in total. The van der Waals surface area contributed by atoms with Gasteiger partial charge in [-0.05, 0) is 24.7 Å². The van der Waals surface area contributed by atoms with Gasteiger partial charge in [-0.3, -0.25) is 4.79 Å². The topological polar surface area (TPSA) is 107 Å². The van der Waals surface area contributed by atoms with E-state index in [4.69, 9.17) is 10.2 Å². The maximum atomic E-state index is 12.0. The molecule has 1 rings (SSSR count). The number of carbonyl (C=O) groups excluding carboxylic acids is 1. The molecule has 1 aliphatic heterocycles. The molecule has 1 fully saturated rings. The molecule has 7 heteroatoms. The second kappa shape index (κ2) is 6.58. The predicted octanol–water partition coefficient (Wildman–Crippen LogP) is 1.14. The largest absolute Gasteiger partial charge is 0.481 e. The van der Waals surface area contributed by atoms with Crippen LogP contribution in [0.1, 0.15) is 39.5 Å². The van der Waals surface area contributed by atoms with Crippen LogP contribution in [-0.4, -0.2) is 52.2 Å². The molecule has 1 saturated heterocycles. The molecule has 7 nitrogen and oxygen atoms in total. The van der Waals surface area contributed by atoms with Crippen molar-refractivity contribution in [3.05, 3.63) is 0 Å². The molecule has 0 bridgehead atoms. The van der Waals surface area contributed by atoms with Crippen molar-refractivity contribution in [2.45, 2.75) is 45.6 Å². The van der Waals surface area contributed by atoms with Crippen LogP contribution >= 0.6 is 0 Å². The average molecular weight is 286 g/mol. The van der Waals surface area contributed by atoms with Crippen molar-refractivity contribution in [3.63, 3.8) is 0 Å². The molecule has 0 spiro atoms. The lowest BCUT2D eigenvalue weighted by atomic mass is 9.85. The number of hydrogen-bond donors (Lipinski definition) is 3. The highest BCUT2D eigenvalue weighted by molar-refractivity contribution is 5.86. The summed E-state index contributed by atoms with van der Waals surface area (Å²) in [5.74, 6) is -2.59. The van der Waals surface area contributed by atoms with Crippen LogP contribution < -0.4 is 5.32 Å². The van der Waals surface area contributed by atoms with Crippen molar-refractivity contribution in [2.24, 2.45) is 5.41 Å². The summed E-state index contributed by atoms with van der Waals surface area (Å²) in [4.78, 5) is 35.1. The normalized spacial score (nSPS) is 19.8. The standard InChI is InChI=1S/C13H22N2O5/c1-13(2)4-3-6-15(7-5-13)12(20)14-9(11(18)19)8-10(16)17/h9H,3-8H2,1-2H3,(H,14,20)(H,16,17)(H,18,19)/t9-/m1/s1. The number of hydrogen-bond acceptors (Lipinski definition) is 3. The number of rotatable bonds is 4. The molecule has 0 saturated carbocycles. The number of amides is 2. The molecule has 0 unspecified atom stereocenters. The number of likely N-dealkylation sites (tertiary alicyclic amines) is 1. The molecule has 2 amide bonds. The number of aliphatic carboxylic acids is 2. The Morgan fingerprint density at radius 2 is 1.85 bits per heavy atom. The smallest absolute Gasteiger partial charge is 0.326 e. The maximum absolute atomic E-state index is 12.0. The summed E-state index contributed by atoms with van der Waals surface area (Å²) < 4.78 is 0. The Labute approximate surface area is 117 Å². The van der Waals surface area contributed by atoms with Gasteiger partial charge in [-0.2, -0.15) is 0 Å². The lowest BCUT2D eigenvalue weighted by molar-refractivity contribution is -0.145. The zero-order chi connectivity index (χ0) is 15.3. The van der Waals surface area contributed by atoms with Gasteiger partial charge in [-0.25, -0.2) is 9.59 Å². The van der Waals surface area contributed by atoms with Gasteiger partial charge >= 0.3 is 18.0 Å². The molecule has 0 radical (unpaired) electrons. The van der Waals surface area contributed by atoms with Gasteiger partial charge in [0.1, 0.15) is 6.04 Å². The first kappa shape index (κ1) is 16.3. The number of nitrogens with zero attached hydrogens (tertiary/aromatic N) is 1. The number of carboxylic acids is 2. The fourth-order valence-corrected chi connectivity index (χ4v) is 2.24. The summed E-state index contributed by atoms with van der Waals surface area (Å²) in [6, 6.07) is -1.90. The van der Waals surface area contributed by atoms with Crippen LogP contribution in [0, 0.1) is 5.41 Å². The minimum atomic E-state index is -1.39. The van der Waals surface area contributed by atoms with Gasteiger partial charge in [-0.15, -0.1) is 0 Å². The third-order valence-corrected chi connectivity index (χ3v) is 3.60. The Morgan fingerprint density at radius 3 is 2.40 bits per heavy atom. The van der Waals surface area contributed by atoms with E-state index in [1.165, 1.54) is 0 Å². The Balaban J connectivity index is 2.60. The summed E-state index contributed by atoms with van der Waals surface area (Å²) in [6.45, 7) is 5.39. The van der Waals surface area contributed by atoms with E-state index in [0.29, 0.717) is 13.1 Å². The Hall–Kier alpha value is -1.79. The first-order valence-electron chi connectivity index (χ1n) is 6.71. The molecule has 114 valence electrons. The number of nitrogens with one attached hydrogen (secondary N) is 1. The monoisotopic (exact) mass is 286 g/mol. The zero-order valence-electron chi connectivity index (χ0n) is 11.9. The van der Waals surface area contributed by atoms with E-state index in [9.17, 15) is 14.4 Å². The van der Waals surface area contributed by atoms with E-state index in [1.54, 1.807) is 4.90 Å². The van der Waals surface area contributed by atoms with Crippen molar-refractivity contribution in [1.82, 2.24) is 10.2 Å². The highest BCUT2D eigenvalue weighted by atomic mass is 16.4. The van der Waals surface area contributed by atoms with Crippen molar-refractivity contribution < 1.29 is 24.6 Å². The Bertz CT molecular complexity index is 394. The second-order valence-corrected chi connectivity index (χ2v) is 5.94. The highest BCUT2D eigenvalue weighted by Gasteiger charge is 2.28. The molecule has 0 aromatic heterocycles. The third-order valence-electron chi connectivity index (χ3n) is 3.60. The third kappa shape index (κ3) is 5.07. The van der Waals surface area contributed by atoms with Crippen molar-refractivity contribution >= 4 is 18.0 Å². The minimum absolute atomic E-state index is 0.169. The predicted molar refractivity (Wildman–Crippen MR) is 71.4 cm³/mol. The number of urea groups is 1. The SMILES string of the molecule is CC1(C)CCCN(C(=O)N[C@H](CC(=O)O)C(=O)O)CC1. The van der Waals surface area contributed by atoms with Crippen molar-refractivity contribution in [3.8, 4) is 0 Å². The van der Waals surface area contributed by atoms with Crippen LogP contribution in [0.5, 0.6) is 0 Å². The zero-order valence-corrected chi connectivity index (χ0v) is 11.9. The van der Waals surface area contributed by atoms with Gasteiger partial charge in [0.15, 0.2) is 0 Å². The lowest BCUT2D eigenvalue weighted by Gasteiger charge is -2.24. The molecule has 0 aromatic carbocycles. The van der Waals surface area contributed by atoms with E-state index >= 15 is 0 Å². The van der Waals surface area contributed by atoms with Crippen LogP contribution in [0.25, 0.3) is 0 Å². The summed E-state index contributed by atoms with van der Waals surface area (Å²) in [6.07, 6.45) is 2.09. The van der Waals surface area contributed by atoms with Gasteiger partial charge in [0.2, 0.25) is 0 Å². The van der Waals surface area contributed by atoms with E-state index in [2.05, 4.69) is 19.2 Å². The van der Waals surface area contributed by atoms with Gasteiger partial charge in [0, 0.05) is 13.1 Å². The first-order valence-corrected chi connectivity index (χ1v) is 6.71. The Kier molecular flexibility index (Phi) is 5.35. The molecular formula is C13H22N2O5. The van der Waals surface area contributed by atoms with Crippen LogP contribution in [-0.2, 0) is 9.59 Å². The van der Waals surface area contributed by atoms with Gasteiger partial charge < -0.3 is 20.4 Å². The van der Waals surface area contributed by atoms with E-state index in [0.717, 1.165) is 19.3 Å². The minimum Gasteiger partial charge on any atom is -0.481 e. The second-order valence-electron chi connectivity index (χ2n) is 5.94. The van der Waals surface area contributed by atoms with E-state index in [-0.39, 0.29) is 5.41 Å². The van der Waals surface area contributed by atoms with E-state index in [1.807, 2.05) is 0 Å². The van der Waals surface area contributed by atoms with Crippen molar-refractivity contribution in [1.29, 1.82) is 0 Å². The Morgan fingerprint density at radius 1 is 1.20 bits per heavy atom. The average Bonchev–Trinajstić information content (AvgIpc) is 2.48. The molecule has 1 heterocycles. The molecule has 0 aliphatic carbocycles. The summed E-state index contributed by atoms with van der Waals surface area (Å²) in [5, 5.41) is 19.8. The quantitative estimate of drug-likeness (QED) is 0.718. The fraction of sp³-hybridized carbons (Fsp3) is 0.769. The van der Waals surface area contributed by atoms with Gasteiger partial charge in [0.05, 0.1) is 6.42 Å². The van der Waals surface area contributed by atoms with Gasteiger partial charge in [0.25, 0.3) is 0 Å². The van der Waals surface area contributed by atoms with Crippen LogP contribution in [0.3, 0.4) is 0 Å². The van der Waals surface area contributed by atoms with Crippen molar-refractivity contribution in [2.75, 3.05) is 13.1 Å². The maximum Gasteiger partial charge on any atom is 0.326 e. The molecule has 1 aliphatic rings. The van der Waals surface area contributed by atoms with Gasteiger partial charge in [-0.1, -0.05) is 13.8 Å². The summed E-state index contributed by atoms with van der Waals surface area (Å²) >= 11 is 0. The molecular weight excluding hydrogens is 264 g/mol. The lowest BCUT2D eigenvalue weighted by Crippen LogP contribution is -2.49. The summed E-state index contributed by atoms with van der Waals surface area (Å²) in [5.41, 5.74) is 0.169. The van der Waals surface area contributed by atoms with Crippen LogP contribution in [0.15, 0.2) is 0 Å². The van der Waals surface area contributed by atoms with E-state index < -0.39 is 30.4 Å². The first-order chi connectivity index (χ1) is 9.21. The number of carboxylic acid groups (broad SMARTS) is 2. The number of carbonyl (C=O) groups is 3. The van der Waals surface area contributed by atoms with Crippen LogP contribution in [0.4, 0.5) is 4.79 Å². The molecule has 1 atom stereocenters. The molecule has 20 heavy (non-hydrogen) atoms. The molecule has 0 aromatic rings. The van der Waals surface area contributed by atoms with Crippen LogP contribution in [0.2, 0.25) is 0 Å². The highest BCUT2D eigenvalue weighted by Crippen LogP contribution is 2.29. The summed E-state index contributed by atoms with van der Waals surface area (Å²) in [7, 11) is 0.